The molecule has 0 bridgehead atoms. The molecule has 4 rings (SSSR count). The highest BCUT2D eigenvalue weighted by atomic mass is 32.2. The molecule has 9 nitrogen and oxygen atoms in total. The molecule has 0 radical (unpaired) electrons. The van der Waals surface area contributed by atoms with Crippen LogP contribution in [0.2, 0.25) is 0 Å². The first-order valence-corrected chi connectivity index (χ1v) is 11.6. The van der Waals surface area contributed by atoms with E-state index in [1.54, 1.807) is 18.2 Å². The van der Waals surface area contributed by atoms with Crippen molar-refractivity contribution in [2.24, 2.45) is 10.2 Å². The number of azo groups is 1. The molecule has 0 heterocycles. The van der Waals surface area contributed by atoms with Gasteiger partial charge in [0, 0.05) is 21.5 Å². The van der Waals surface area contributed by atoms with Gasteiger partial charge in [-0.2, -0.15) is 21.9 Å². The van der Waals surface area contributed by atoms with Crippen LogP contribution in [0.25, 0.3) is 21.5 Å². The third-order valence-electron chi connectivity index (χ3n) is 4.63. The van der Waals surface area contributed by atoms with Gasteiger partial charge in [-0.05, 0) is 36.4 Å². The standard InChI is InChI=1S/C20H14N2O7S2/c23-18-8-10-20(31(27,28)29)15-6-5-12(11-16(15)18)21-22-17-7-9-19(30(24,25)26)14-4-2-1-3-13(14)17/h1-11,23H,(H,24,25,26)(H,27,28,29). The van der Waals surface area contributed by atoms with Crippen molar-refractivity contribution < 1.29 is 31.0 Å². The van der Waals surface area contributed by atoms with Gasteiger partial charge in [0.05, 0.1) is 11.4 Å². The summed E-state index contributed by atoms with van der Waals surface area (Å²) in [7, 11) is -8.92. The molecule has 0 saturated heterocycles. The Bertz CT molecular complexity index is 1600. The molecule has 0 amide bonds. The van der Waals surface area contributed by atoms with Crippen molar-refractivity contribution in [3.05, 3.63) is 66.7 Å². The maximum atomic E-state index is 11.6. The number of phenolic OH excluding ortho intramolecular Hbond substituents is 1. The first-order valence-electron chi connectivity index (χ1n) is 8.70. The highest BCUT2D eigenvalue weighted by Crippen LogP contribution is 2.35. The van der Waals surface area contributed by atoms with Crippen LogP contribution in [0.15, 0.2) is 86.7 Å². The van der Waals surface area contributed by atoms with Crippen molar-refractivity contribution in [2.75, 3.05) is 0 Å². The quantitative estimate of drug-likeness (QED) is 0.298. The fourth-order valence-corrected chi connectivity index (χ4v) is 4.65. The molecule has 3 N–H and O–H groups in total. The molecule has 0 aliphatic carbocycles. The van der Waals surface area contributed by atoms with E-state index in [2.05, 4.69) is 10.2 Å². The zero-order valence-electron chi connectivity index (χ0n) is 15.5. The first kappa shape index (κ1) is 20.9. The van der Waals surface area contributed by atoms with Gasteiger partial charge in [-0.3, -0.25) is 9.11 Å². The van der Waals surface area contributed by atoms with E-state index in [-0.39, 0.29) is 37.4 Å². The minimum atomic E-state index is -4.49. The smallest absolute Gasteiger partial charge is 0.295 e. The van der Waals surface area contributed by atoms with Gasteiger partial charge >= 0.3 is 0 Å². The molecule has 4 aromatic carbocycles. The second-order valence-electron chi connectivity index (χ2n) is 6.59. The van der Waals surface area contributed by atoms with Crippen molar-refractivity contribution in [1.82, 2.24) is 0 Å². The van der Waals surface area contributed by atoms with Crippen molar-refractivity contribution in [3.8, 4) is 5.75 Å². The van der Waals surface area contributed by atoms with E-state index in [1.807, 2.05) is 0 Å². The van der Waals surface area contributed by atoms with Crippen molar-refractivity contribution >= 4 is 53.2 Å². The maximum absolute atomic E-state index is 11.6. The van der Waals surface area contributed by atoms with Crippen LogP contribution in [0, 0.1) is 0 Å². The number of aromatic hydroxyl groups is 1. The highest BCUT2D eigenvalue weighted by molar-refractivity contribution is 7.86. The minimum absolute atomic E-state index is 0.115. The summed E-state index contributed by atoms with van der Waals surface area (Å²) in [6, 6.07) is 15.5. The maximum Gasteiger partial charge on any atom is 0.295 e. The van der Waals surface area contributed by atoms with Gasteiger partial charge in [-0.25, -0.2) is 0 Å². The normalized spacial score (nSPS) is 12.7. The zero-order valence-corrected chi connectivity index (χ0v) is 17.2. The first-order chi connectivity index (χ1) is 14.6. The van der Waals surface area contributed by atoms with Crippen LogP contribution < -0.4 is 0 Å². The Balaban J connectivity index is 1.83. The Labute approximate surface area is 176 Å². The number of hydrogen-bond acceptors (Lipinski definition) is 7. The second-order valence-corrected chi connectivity index (χ2v) is 9.37. The molecule has 0 unspecified atom stereocenters. The molecular weight excluding hydrogens is 444 g/mol. The van der Waals surface area contributed by atoms with Gasteiger partial charge in [-0.15, -0.1) is 5.11 Å². The fourth-order valence-electron chi connectivity index (χ4n) is 3.26. The van der Waals surface area contributed by atoms with Gasteiger partial charge in [0.15, 0.2) is 0 Å². The van der Waals surface area contributed by atoms with Crippen LogP contribution in [0.5, 0.6) is 5.75 Å². The van der Waals surface area contributed by atoms with Gasteiger partial charge in [0.1, 0.15) is 15.5 Å². The summed E-state index contributed by atoms with van der Waals surface area (Å²) >= 11 is 0. The summed E-state index contributed by atoms with van der Waals surface area (Å²) in [6.07, 6.45) is 0. The second kappa shape index (κ2) is 7.39. The number of nitrogens with zero attached hydrogens (tertiary/aromatic N) is 2. The van der Waals surface area contributed by atoms with E-state index in [0.717, 1.165) is 12.1 Å². The lowest BCUT2D eigenvalue weighted by Gasteiger charge is -2.07. The third-order valence-corrected chi connectivity index (χ3v) is 6.45. The summed E-state index contributed by atoms with van der Waals surface area (Å²) in [4.78, 5) is -0.606. The number of benzene rings is 4. The summed E-state index contributed by atoms with van der Waals surface area (Å²) in [6.45, 7) is 0. The van der Waals surface area contributed by atoms with Crippen LogP contribution in [0.3, 0.4) is 0 Å². The van der Waals surface area contributed by atoms with Gasteiger partial charge in [0.25, 0.3) is 20.2 Å². The summed E-state index contributed by atoms with van der Waals surface area (Å²) in [5, 5.41) is 19.3. The molecule has 31 heavy (non-hydrogen) atoms. The Kier molecular flexibility index (Phi) is 4.98. The van der Waals surface area contributed by atoms with Crippen LogP contribution in [0.1, 0.15) is 0 Å². The fraction of sp³-hybridized carbons (Fsp3) is 0. The van der Waals surface area contributed by atoms with Crippen LogP contribution in [-0.4, -0.2) is 31.0 Å². The molecule has 0 spiro atoms. The van der Waals surface area contributed by atoms with E-state index in [9.17, 15) is 31.0 Å². The zero-order chi connectivity index (χ0) is 22.4. The molecular formula is C20H14N2O7S2. The van der Waals surface area contributed by atoms with E-state index < -0.39 is 20.2 Å². The van der Waals surface area contributed by atoms with Crippen molar-refractivity contribution in [1.29, 1.82) is 0 Å². The lowest BCUT2D eigenvalue weighted by molar-refractivity contribution is 0.478. The number of hydrogen-bond donors (Lipinski definition) is 3. The predicted molar refractivity (Wildman–Crippen MR) is 113 cm³/mol. The van der Waals surface area contributed by atoms with Crippen molar-refractivity contribution in [2.45, 2.75) is 9.79 Å². The van der Waals surface area contributed by atoms with E-state index in [4.69, 9.17) is 0 Å². The molecule has 0 atom stereocenters. The van der Waals surface area contributed by atoms with Gasteiger partial charge in [-0.1, -0.05) is 30.3 Å². The lowest BCUT2D eigenvalue weighted by atomic mass is 10.1. The van der Waals surface area contributed by atoms with Crippen LogP contribution in [0.4, 0.5) is 11.4 Å². The minimum Gasteiger partial charge on any atom is -0.507 e. The van der Waals surface area contributed by atoms with E-state index >= 15 is 0 Å². The molecule has 0 aromatic heterocycles. The molecule has 0 fully saturated rings. The number of rotatable bonds is 4. The predicted octanol–water partition coefficient (Wildman–Crippen LogP) is 4.61. The number of phenols is 1. The average molecular weight is 458 g/mol. The Hall–Kier alpha value is -3.38. The molecule has 158 valence electrons. The van der Waals surface area contributed by atoms with Gasteiger partial charge in [0.2, 0.25) is 0 Å². The van der Waals surface area contributed by atoms with E-state index in [1.165, 1.54) is 36.4 Å². The summed E-state index contributed by atoms with van der Waals surface area (Å²) in [5.74, 6) is -0.206. The highest BCUT2D eigenvalue weighted by Gasteiger charge is 2.17. The number of fused-ring (bicyclic) bond motifs is 2. The van der Waals surface area contributed by atoms with Gasteiger partial charge < -0.3 is 5.11 Å². The molecule has 0 aliphatic heterocycles. The summed E-state index contributed by atoms with van der Waals surface area (Å²) in [5.41, 5.74) is 0.609. The topological polar surface area (TPSA) is 154 Å². The van der Waals surface area contributed by atoms with E-state index in [0.29, 0.717) is 11.1 Å². The average Bonchev–Trinajstić information content (AvgIpc) is 2.70. The molecule has 11 heteroatoms. The monoisotopic (exact) mass is 458 g/mol. The molecule has 4 aromatic rings. The van der Waals surface area contributed by atoms with Crippen LogP contribution >= 0.6 is 0 Å². The Morgan fingerprint density at radius 1 is 0.613 bits per heavy atom. The Morgan fingerprint density at radius 2 is 1.19 bits per heavy atom. The Morgan fingerprint density at radius 3 is 1.84 bits per heavy atom. The summed E-state index contributed by atoms with van der Waals surface area (Å²) < 4.78 is 65.1. The largest absolute Gasteiger partial charge is 0.507 e. The third kappa shape index (κ3) is 3.99. The van der Waals surface area contributed by atoms with Crippen LogP contribution in [-0.2, 0) is 20.2 Å². The molecule has 0 aliphatic rings. The van der Waals surface area contributed by atoms with Crippen molar-refractivity contribution in [3.63, 3.8) is 0 Å². The lowest BCUT2D eigenvalue weighted by Crippen LogP contribution is -1.98. The molecule has 0 saturated carbocycles. The SMILES string of the molecule is O=S(=O)(O)c1ccc(O)c2cc(N=Nc3ccc(S(=O)(=O)O)c4ccccc34)ccc12.